The molecule has 0 aliphatic rings. The summed E-state index contributed by atoms with van der Waals surface area (Å²) in [7, 11) is 0. The predicted molar refractivity (Wildman–Crippen MR) is 59.1 cm³/mol. The van der Waals surface area contributed by atoms with Gasteiger partial charge in [-0.05, 0) is 25.2 Å². The lowest BCUT2D eigenvalue weighted by atomic mass is 10.0. The summed E-state index contributed by atoms with van der Waals surface area (Å²) in [5.41, 5.74) is 0. The number of carbonyl (C=O) groups is 1. The molecular formula is C12H24O2. The Morgan fingerprint density at radius 2 is 1.71 bits per heavy atom. The van der Waals surface area contributed by atoms with Crippen LogP contribution in [0.15, 0.2) is 0 Å². The van der Waals surface area contributed by atoms with E-state index in [1.54, 1.807) is 0 Å². The molecule has 0 N–H and O–H groups in total. The van der Waals surface area contributed by atoms with E-state index in [1.807, 2.05) is 13.8 Å². The van der Waals surface area contributed by atoms with Crippen LogP contribution in [-0.2, 0) is 9.53 Å². The van der Waals surface area contributed by atoms with Crippen molar-refractivity contribution >= 4 is 5.97 Å². The Hall–Kier alpha value is -0.530. The minimum Gasteiger partial charge on any atom is -0.462 e. The molecule has 1 atom stereocenters. The molecular weight excluding hydrogens is 176 g/mol. The first-order chi connectivity index (χ1) is 6.47. The van der Waals surface area contributed by atoms with Crippen molar-refractivity contribution in [2.24, 2.45) is 11.8 Å². The molecule has 0 saturated carbocycles. The van der Waals surface area contributed by atoms with Crippen molar-refractivity contribution in [3.8, 4) is 0 Å². The van der Waals surface area contributed by atoms with Gasteiger partial charge in [-0.2, -0.15) is 0 Å². The van der Waals surface area contributed by atoms with Crippen LogP contribution in [0, 0.1) is 11.8 Å². The molecule has 0 fully saturated rings. The summed E-state index contributed by atoms with van der Waals surface area (Å²) < 4.78 is 5.37. The molecule has 0 rings (SSSR count). The van der Waals surface area contributed by atoms with Gasteiger partial charge < -0.3 is 4.74 Å². The van der Waals surface area contributed by atoms with E-state index in [1.165, 1.54) is 0 Å². The lowest BCUT2D eigenvalue weighted by Gasteiger charge is -2.18. The van der Waals surface area contributed by atoms with Crippen molar-refractivity contribution in [2.75, 3.05) is 0 Å². The Balaban J connectivity index is 3.84. The van der Waals surface area contributed by atoms with Gasteiger partial charge in [-0.25, -0.2) is 0 Å². The van der Waals surface area contributed by atoms with Crippen LogP contribution in [0.5, 0.6) is 0 Å². The van der Waals surface area contributed by atoms with Crippen LogP contribution in [0.1, 0.15) is 53.9 Å². The van der Waals surface area contributed by atoms with Crippen LogP contribution < -0.4 is 0 Å². The average Bonchev–Trinajstić information content (AvgIpc) is 2.11. The average molecular weight is 200 g/mol. The van der Waals surface area contributed by atoms with E-state index in [9.17, 15) is 4.79 Å². The third-order valence-electron chi connectivity index (χ3n) is 2.28. The van der Waals surface area contributed by atoms with Crippen LogP contribution in [0.2, 0.25) is 0 Å². The second kappa shape index (κ2) is 6.86. The van der Waals surface area contributed by atoms with Gasteiger partial charge in [0.2, 0.25) is 0 Å². The molecule has 0 aromatic rings. The second-order valence-corrected chi connectivity index (χ2v) is 4.59. The van der Waals surface area contributed by atoms with Gasteiger partial charge in [-0.1, -0.05) is 34.6 Å². The van der Waals surface area contributed by atoms with Gasteiger partial charge in [0, 0.05) is 0 Å². The summed E-state index contributed by atoms with van der Waals surface area (Å²) in [4.78, 5) is 11.3. The maximum Gasteiger partial charge on any atom is 0.308 e. The van der Waals surface area contributed by atoms with Gasteiger partial charge in [0.15, 0.2) is 0 Å². The minimum absolute atomic E-state index is 0.0110. The Kier molecular flexibility index (Phi) is 6.60. The lowest BCUT2D eigenvalue weighted by molar-refractivity contribution is -0.153. The maximum absolute atomic E-state index is 11.3. The zero-order chi connectivity index (χ0) is 11.1. The number of hydrogen-bond donors (Lipinski definition) is 0. The number of rotatable bonds is 6. The summed E-state index contributed by atoms with van der Waals surface area (Å²) in [6.45, 7) is 10.2. The van der Waals surface area contributed by atoms with Crippen molar-refractivity contribution < 1.29 is 9.53 Å². The SMILES string of the molecule is CCC(CCC(C)C)OC(=O)C(C)C. The third-order valence-corrected chi connectivity index (χ3v) is 2.28. The molecule has 2 nitrogen and oxygen atoms in total. The summed E-state index contributed by atoms with van der Waals surface area (Å²) in [6.07, 6.45) is 3.16. The Labute approximate surface area is 88.0 Å². The largest absolute Gasteiger partial charge is 0.462 e. The fourth-order valence-corrected chi connectivity index (χ4v) is 1.17. The summed E-state index contributed by atoms with van der Waals surface area (Å²) in [6, 6.07) is 0. The van der Waals surface area contributed by atoms with E-state index >= 15 is 0 Å². The van der Waals surface area contributed by atoms with Crippen LogP contribution in [0.25, 0.3) is 0 Å². The molecule has 0 aliphatic heterocycles. The molecule has 84 valence electrons. The van der Waals surface area contributed by atoms with E-state index in [0.29, 0.717) is 5.92 Å². The summed E-state index contributed by atoms with van der Waals surface area (Å²) in [5, 5.41) is 0. The van der Waals surface area contributed by atoms with Gasteiger partial charge >= 0.3 is 5.97 Å². The lowest BCUT2D eigenvalue weighted by Crippen LogP contribution is -2.21. The fourth-order valence-electron chi connectivity index (χ4n) is 1.17. The highest BCUT2D eigenvalue weighted by Crippen LogP contribution is 2.13. The predicted octanol–water partition coefficient (Wildman–Crippen LogP) is 3.40. The van der Waals surface area contributed by atoms with Crippen molar-refractivity contribution in [2.45, 2.75) is 60.0 Å². The van der Waals surface area contributed by atoms with Crippen molar-refractivity contribution in [1.82, 2.24) is 0 Å². The van der Waals surface area contributed by atoms with E-state index in [4.69, 9.17) is 4.74 Å². The first kappa shape index (κ1) is 13.5. The van der Waals surface area contributed by atoms with Crippen molar-refractivity contribution in [3.05, 3.63) is 0 Å². The maximum atomic E-state index is 11.3. The van der Waals surface area contributed by atoms with E-state index < -0.39 is 0 Å². The highest BCUT2D eigenvalue weighted by molar-refractivity contribution is 5.71. The normalized spacial score (nSPS) is 13.4. The minimum atomic E-state index is -0.0689. The van der Waals surface area contributed by atoms with Crippen LogP contribution in [0.4, 0.5) is 0 Å². The van der Waals surface area contributed by atoms with Gasteiger partial charge in [0.1, 0.15) is 6.10 Å². The number of esters is 1. The standard InChI is InChI=1S/C12H24O2/c1-6-11(8-7-9(2)3)14-12(13)10(4)5/h9-11H,6-8H2,1-5H3. The number of hydrogen-bond acceptors (Lipinski definition) is 2. The number of carbonyl (C=O) groups excluding carboxylic acids is 1. The number of ether oxygens (including phenoxy) is 1. The zero-order valence-electron chi connectivity index (χ0n) is 10.2. The smallest absolute Gasteiger partial charge is 0.308 e. The van der Waals surface area contributed by atoms with Gasteiger partial charge in [0.05, 0.1) is 5.92 Å². The highest BCUT2D eigenvalue weighted by Gasteiger charge is 2.15. The molecule has 0 aromatic heterocycles. The third kappa shape index (κ3) is 6.01. The Morgan fingerprint density at radius 3 is 2.07 bits per heavy atom. The van der Waals surface area contributed by atoms with Gasteiger partial charge in [-0.15, -0.1) is 0 Å². The molecule has 0 aliphatic carbocycles. The fraction of sp³-hybridized carbons (Fsp3) is 0.917. The molecule has 0 aromatic carbocycles. The van der Waals surface area contributed by atoms with Gasteiger partial charge in [0.25, 0.3) is 0 Å². The van der Waals surface area contributed by atoms with E-state index in [0.717, 1.165) is 19.3 Å². The molecule has 14 heavy (non-hydrogen) atoms. The molecule has 0 spiro atoms. The van der Waals surface area contributed by atoms with Crippen LogP contribution >= 0.6 is 0 Å². The first-order valence-corrected chi connectivity index (χ1v) is 5.67. The van der Waals surface area contributed by atoms with Crippen LogP contribution in [-0.4, -0.2) is 12.1 Å². The second-order valence-electron chi connectivity index (χ2n) is 4.59. The summed E-state index contributed by atoms with van der Waals surface area (Å²) >= 11 is 0. The topological polar surface area (TPSA) is 26.3 Å². The molecule has 0 saturated heterocycles. The van der Waals surface area contributed by atoms with Crippen molar-refractivity contribution in [1.29, 1.82) is 0 Å². The molecule has 0 amide bonds. The molecule has 2 heteroatoms. The zero-order valence-corrected chi connectivity index (χ0v) is 10.2. The highest BCUT2D eigenvalue weighted by atomic mass is 16.5. The van der Waals surface area contributed by atoms with E-state index in [-0.39, 0.29) is 18.0 Å². The molecule has 1 unspecified atom stereocenters. The molecule has 0 radical (unpaired) electrons. The monoisotopic (exact) mass is 200 g/mol. The Morgan fingerprint density at radius 1 is 1.14 bits per heavy atom. The molecule has 0 heterocycles. The van der Waals surface area contributed by atoms with Crippen molar-refractivity contribution in [3.63, 3.8) is 0 Å². The quantitative estimate of drug-likeness (QED) is 0.614. The first-order valence-electron chi connectivity index (χ1n) is 5.67. The Bertz CT molecular complexity index is 162. The molecule has 0 bridgehead atoms. The van der Waals surface area contributed by atoms with E-state index in [2.05, 4.69) is 20.8 Å². The summed E-state index contributed by atoms with van der Waals surface area (Å²) in [5.74, 6) is 0.602. The van der Waals surface area contributed by atoms with Crippen LogP contribution in [0.3, 0.4) is 0 Å². The van der Waals surface area contributed by atoms with Gasteiger partial charge in [-0.3, -0.25) is 4.79 Å².